The quantitative estimate of drug-likeness (QED) is 0.0845. The molecule has 0 atom stereocenters. The van der Waals surface area contributed by atoms with Crippen molar-refractivity contribution in [2.24, 2.45) is 0 Å². The maximum absolute atomic E-state index is 13.9. The molecule has 1 aliphatic heterocycles. The van der Waals surface area contributed by atoms with Gasteiger partial charge in [0, 0.05) is 62.5 Å². The van der Waals surface area contributed by atoms with Gasteiger partial charge >= 0.3 is 0 Å². The second-order valence-electron chi connectivity index (χ2n) is 12.2. The molecule has 0 spiro atoms. The van der Waals surface area contributed by atoms with Gasteiger partial charge in [-0.15, -0.1) is 0 Å². The minimum absolute atomic E-state index is 0.0831. The summed E-state index contributed by atoms with van der Waals surface area (Å²) in [5.41, 5.74) is 5.29. The number of piperazine rings is 1. The molecular weight excluding hydrogens is 672 g/mol. The highest BCUT2D eigenvalue weighted by atomic mass is 35.5. The molecule has 10 heteroatoms. The smallest absolute Gasteiger partial charge is 0.219 e. The van der Waals surface area contributed by atoms with Crippen molar-refractivity contribution in [3.05, 3.63) is 154 Å². The minimum atomic E-state index is -0.324. The van der Waals surface area contributed by atoms with Crippen molar-refractivity contribution in [1.82, 2.24) is 14.8 Å². The minimum Gasteiger partial charge on any atom is -0.493 e. The zero-order valence-corrected chi connectivity index (χ0v) is 29.0. The first kappa shape index (κ1) is 35.6. The van der Waals surface area contributed by atoms with Crippen LogP contribution in [-0.4, -0.2) is 53.9 Å². The van der Waals surface area contributed by atoms with Crippen molar-refractivity contribution < 1.29 is 27.8 Å². The van der Waals surface area contributed by atoms with Gasteiger partial charge in [0.1, 0.15) is 36.0 Å². The zero-order chi connectivity index (χ0) is 35.6. The number of carbonyl (C=O) groups excluding carboxylic acids is 1. The van der Waals surface area contributed by atoms with Crippen molar-refractivity contribution >= 4 is 23.6 Å². The fraction of sp³-hybridized carbons (Fsp3) is 0.220. The number of hydrogen-bond acceptors (Lipinski definition) is 7. The molecule has 5 aromatic rings. The van der Waals surface area contributed by atoms with E-state index in [0.717, 1.165) is 62.3 Å². The van der Waals surface area contributed by atoms with Crippen molar-refractivity contribution in [3.8, 4) is 23.1 Å². The van der Waals surface area contributed by atoms with E-state index in [1.165, 1.54) is 35.5 Å². The lowest BCUT2D eigenvalue weighted by molar-refractivity contribution is -0.104. The number of hydrogen-bond donors (Lipinski definition) is 0. The van der Waals surface area contributed by atoms with Crippen LogP contribution in [0.3, 0.4) is 0 Å². The summed E-state index contributed by atoms with van der Waals surface area (Å²) in [4.78, 5) is 20.7. The van der Waals surface area contributed by atoms with E-state index in [-0.39, 0.29) is 18.2 Å². The summed E-state index contributed by atoms with van der Waals surface area (Å²) in [6.07, 6.45) is 4.67. The molecule has 0 saturated carbocycles. The van der Waals surface area contributed by atoms with Crippen LogP contribution < -0.4 is 14.2 Å². The highest BCUT2D eigenvalue weighted by molar-refractivity contribution is 6.32. The number of halogens is 3. The lowest BCUT2D eigenvalue weighted by atomic mass is 10.1. The Kier molecular flexibility index (Phi) is 11.9. The number of allylic oxidation sites excluding steroid dienone is 1. The summed E-state index contributed by atoms with van der Waals surface area (Å²) < 4.78 is 44.5. The number of ether oxygens (including phenoxy) is 3. The van der Waals surface area contributed by atoms with Gasteiger partial charge in [0.2, 0.25) is 5.88 Å². The van der Waals surface area contributed by atoms with Crippen LogP contribution in [0.2, 0.25) is 5.02 Å². The number of benzene rings is 4. The second kappa shape index (κ2) is 17.1. The number of carbonyl (C=O) groups is 1. The molecule has 1 aromatic heterocycles. The fourth-order valence-electron chi connectivity index (χ4n) is 5.88. The van der Waals surface area contributed by atoms with Crippen LogP contribution in [0.1, 0.15) is 27.8 Å². The number of rotatable bonds is 14. The molecule has 262 valence electrons. The number of aromatic nitrogens is 1. The lowest BCUT2D eigenvalue weighted by Crippen LogP contribution is -2.45. The van der Waals surface area contributed by atoms with Gasteiger partial charge in [0.25, 0.3) is 0 Å². The predicted molar refractivity (Wildman–Crippen MR) is 194 cm³/mol. The van der Waals surface area contributed by atoms with Gasteiger partial charge in [-0.3, -0.25) is 9.69 Å². The molecule has 0 bridgehead atoms. The highest BCUT2D eigenvalue weighted by Gasteiger charge is 2.22. The van der Waals surface area contributed by atoms with Crippen LogP contribution >= 0.6 is 11.6 Å². The van der Waals surface area contributed by atoms with Crippen molar-refractivity contribution in [2.75, 3.05) is 32.8 Å². The number of aldehydes is 1. The third kappa shape index (κ3) is 9.72. The van der Waals surface area contributed by atoms with E-state index in [2.05, 4.69) is 39.0 Å². The van der Waals surface area contributed by atoms with Gasteiger partial charge < -0.3 is 19.1 Å². The molecule has 7 nitrogen and oxygen atoms in total. The average molecular weight is 710 g/mol. The molecule has 1 fully saturated rings. The van der Waals surface area contributed by atoms with E-state index in [1.54, 1.807) is 48.5 Å². The number of aryl methyl sites for hydroxylation is 1. The molecule has 1 saturated heterocycles. The van der Waals surface area contributed by atoms with Crippen molar-refractivity contribution in [2.45, 2.75) is 26.5 Å². The lowest BCUT2D eigenvalue weighted by Gasteiger charge is -2.37. The maximum atomic E-state index is 13.9. The van der Waals surface area contributed by atoms with Gasteiger partial charge in [0.15, 0.2) is 5.75 Å². The summed E-state index contributed by atoms with van der Waals surface area (Å²) in [5, 5.41) is 0.396. The van der Waals surface area contributed by atoms with Gasteiger partial charge in [-0.1, -0.05) is 54.1 Å². The van der Waals surface area contributed by atoms with Gasteiger partial charge in [0.05, 0.1) is 17.8 Å². The van der Waals surface area contributed by atoms with Gasteiger partial charge in [-0.05, 0) is 77.7 Å². The summed E-state index contributed by atoms with van der Waals surface area (Å²) in [5.74, 6) is 1.33. The Morgan fingerprint density at radius 3 is 2.27 bits per heavy atom. The van der Waals surface area contributed by atoms with E-state index >= 15 is 0 Å². The number of pyridine rings is 1. The average Bonchev–Trinajstić information content (AvgIpc) is 3.14. The molecule has 0 aliphatic carbocycles. The van der Waals surface area contributed by atoms with Crippen LogP contribution in [0.25, 0.3) is 5.70 Å². The molecule has 6 rings (SSSR count). The summed E-state index contributed by atoms with van der Waals surface area (Å²) in [7, 11) is 0. The van der Waals surface area contributed by atoms with Crippen LogP contribution in [0.15, 0.2) is 109 Å². The molecule has 1 aliphatic rings. The standard InChI is InChI=1S/C41H38ClF2N3O4/c1-29-24-33(25-37(42)41(29)51-40-15-14-36(26-45-40)50-28-32-4-2-3-5-38(32)44)39(16-22-48)47-20-18-46(19-21-47)27-31-8-6-30(7-9-31)17-23-49-35-12-10-34(43)11-13-35/h2-16,22,24-26H,17-21,23,27-28H2,1H3. The first-order valence-electron chi connectivity index (χ1n) is 16.7. The van der Waals surface area contributed by atoms with E-state index in [1.807, 2.05) is 19.1 Å². The molecular formula is C41H38ClF2N3O4. The van der Waals surface area contributed by atoms with Crippen LogP contribution in [0.4, 0.5) is 8.78 Å². The van der Waals surface area contributed by atoms with E-state index in [9.17, 15) is 13.6 Å². The third-order valence-electron chi connectivity index (χ3n) is 8.63. The molecule has 4 aromatic carbocycles. The molecule has 2 heterocycles. The summed E-state index contributed by atoms with van der Waals surface area (Å²) in [6, 6.07) is 28.2. The Morgan fingerprint density at radius 2 is 1.59 bits per heavy atom. The number of nitrogens with zero attached hydrogens (tertiary/aromatic N) is 3. The summed E-state index contributed by atoms with van der Waals surface area (Å²) >= 11 is 6.74. The van der Waals surface area contributed by atoms with Gasteiger partial charge in [-0.2, -0.15) is 0 Å². The van der Waals surface area contributed by atoms with Crippen molar-refractivity contribution in [3.63, 3.8) is 0 Å². The Balaban J connectivity index is 1.00. The van der Waals surface area contributed by atoms with Crippen molar-refractivity contribution in [1.29, 1.82) is 0 Å². The van der Waals surface area contributed by atoms with Crippen LogP contribution in [-0.2, 0) is 24.4 Å². The highest BCUT2D eigenvalue weighted by Crippen LogP contribution is 2.36. The van der Waals surface area contributed by atoms with Gasteiger partial charge in [-0.25, -0.2) is 13.8 Å². The predicted octanol–water partition coefficient (Wildman–Crippen LogP) is 8.67. The third-order valence-corrected chi connectivity index (χ3v) is 8.91. The monoisotopic (exact) mass is 709 g/mol. The molecule has 0 N–H and O–H groups in total. The Hall–Kier alpha value is -5.25. The Bertz CT molecular complexity index is 1920. The zero-order valence-electron chi connectivity index (χ0n) is 28.2. The topological polar surface area (TPSA) is 64.1 Å². The fourth-order valence-corrected chi connectivity index (χ4v) is 6.19. The maximum Gasteiger partial charge on any atom is 0.219 e. The SMILES string of the molecule is Cc1cc(C(=CC=O)N2CCN(Cc3ccc(CCOc4ccc(F)cc4)cc3)CC2)cc(Cl)c1Oc1ccc(OCc2ccccc2F)cn1. The van der Waals surface area contributed by atoms with E-state index in [4.69, 9.17) is 25.8 Å². The molecule has 0 radical (unpaired) electrons. The molecule has 0 amide bonds. The first-order valence-corrected chi connectivity index (χ1v) is 17.1. The Labute approximate surface area is 301 Å². The van der Waals surface area contributed by atoms with Crippen LogP contribution in [0.5, 0.6) is 23.1 Å². The molecule has 0 unspecified atom stereocenters. The summed E-state index contributed by atoms with van der Waals surface area (Å²) in [6.45, 7) is 6.51. The first-order chi connectivity index (χ1) is 24.8. The second-order valence-corrected chi connectivity index (χ2v) is 12.6. The van der Waals surface area contributed by atoms with Crippen LogP contribution in [0, 0.1) is 18.6 Å². The van der Waals surface area contributed by atoms with E-state index < -0.39 is 0 Å². The Morgan fingerprint density at radius 1 is 0.863 bits per heavy atom. The largest absolute Gasteiger partial charge is 0.493 e. The normalized spacial score (nSPS) is 13.6. The molecule has 51 heavy (non-hydrogen) atoms. The van der Waals surface area contributed by atoms with E-state index in [0.29, 0.717) is 40.3 Å².